The molecule has 162 valence electrons. The first-order chi connectivity index (χ1) is 14.8. The molecule has 2 aromatic carbocycles. The van der Waals surface area contributed by atoms with Crippen molar-refractivity contribution in [3.8, 4) is 17.2 Å². The zero-order chi connectivity index (χ0) is 22.3. The molecule has 31 heavy (non-hydrogen) atoms. The molecule has 3 unspecified atom stereocenters. The number of ether oxygens (including phenoxy) is 2. The van der Waals surface area contributed by atoms with E-state index in [-0.39, 0.29) is 11.7 Å². The van der Waals surface area contributed by atoms with Crippen LogP contribution in [-0.2, 0) is 11.2 Å². The molecule has 0 spiro atoms. The van der Waals surface area contributed by atoms with Gasteiger partial charge in [0.05, 0.1) is 37.1 Å². The fourth-order valence-corrected chi connectivity index (χ4v) is 4.98. The maximum absolute atomic E-state index is 12.8. The van der Waals surface area contributed by atoms with Gasteiger partial charge in [0.2, 0.25) is 0 Å². The molecule has 6 nitrogen and oxygen atoms in total. The van der Waals surface area contributed by atoms with E-state index in [4.69, 9.17) is 14.6 Å². The Bertz CT molecular complexity index is 1120. The van der Waals surface area contributed by atoms with Crippen LogP contribution in [-0.4, -0.2) is 40.5 Å². The van der Waals surface area contributed by atoms with Crippen LogP contribution in [0.5, 0.6) is 11.5 Å². The number of Topliss-reactive ketones (excluding diaryl/α,β-unsaturated/α-hetero) is 1. The molecular formula is C25H28N2O4. The quantitative estimate of drug-likeness (QED) is 0.679. The molecule has 1 heterocycles. The number of rotatable bonds is 5. The van der Waals surface area contributed by atoms with Crippen molar-refractivity contribution in [2.24, 2.45) is 5.92 Å². The number of ketones is 1. The highest BCUT2D eigenvalue weighted by Gasteiger charge is 2.49. The summed E-state index contributed by atoms with van der Waals surface area (Å²) in [6.07, 6.45) is 0.317. The Hall–Kier alpha value is -3.12. The number of carbonyl (C=O) groups is 1. The van der Waals surface area contributed by atoms with Gasteiger partial charge < -0.3 is 14.6 Å². The van der Waals surface area contributed by atoms with Crippen LogP contribution in [0.15, 0.2) is 48.5 Å². The number of nitrogens with zero attached hydrogens (tertiary/aromatic N) is 2. The minimum Gasteiger partial charge on any atom is -0.493 e. The van der Waals surface area contributed by atoms with Crippen molar-refractivity contribution in [1.29, 1.82) is 0 Å². The standard InChI is InChI=1S/C25H28N2O4/c1-15-22-19(26-27(15)18-9-7-6-8-10-18)14-25(3,29)24(16(2)28)23(22)17-11-12-20(30-4)21(13-17)31-5/h6-13,23-24,29H,14H2,1-5H3. The highest BCUT2D eigenvalue weighted by Crippen LogP contribution is 2.48. The van der Waals surface area contributed by atoms with E-state index < -0.39 is 11.5 Å². The summed E-state index contributed by atoms with van der Waals surface area (Å²) in [4.78, 5) is 12.8. The minimum atomic E-state index is -1.22. The molecule has 1 aliphatic carbocycles. The van der Waals surface area contributed by atoms with Crippen molar-refractivity contribution in [3.63, 3.8) is 0 Å². The summed E-state index contributed by atoms with van der Waals surface area (Å²) in [6, 6.07) is 15.6. The lowest BCUT2D eigenvalue weighted by Crippen LogP contribution is -2.48. The summed E-state index contributed by atoms with van der Waals surface area (Å²) >= 11 is 0. The average Bonchev–Trinajstić information content (AvgIpc) is 3.07. The molecule has 1 aromatic heterocycles. The van der Waals surface area contributed by atoms with Gasteiger partial charge in [0.1, 0.15) is 5.78 Å². The second-order valence-corrected chi connectivity index (χ2v) is 8.41. The smallest absolute Gasteiger partial charge is 0.161 e. The van der Waals surface area contributed by atoms with Gasteiger partial charge in [-0.1, -0.05) is 24.3 Å². The summed E-state index contributed by atoms with van der Waals surface area (Å²) in [6.45, 7) is 5.30. The molecule has 1 aliphatic rings. The number of para-hydroxylation sites is 1. The zero-order valence-corrected chi connectivity index (χ0v) is 18.5. The van der Waals surface area contributed by atoms with Gasteiger partial charge >= 0.3 is 0 Å². The highest BCUT2D eigenvalue weighted by atomic mass is 16.5. The summed E-state index contributed by atoms with van der Waals surface area (Å²) in [5.74, 6) is 0.188. The Morgan fingerprint density at radius 3 is 2.42 bits per heavy atom. The second-order valence-electron chi connectivity index (χ2n) is 8.41. The molecule has 3 atom stereocenters. The van der Waals surface area contributed by atoms with Crippen molar-refractivity contribution in [2.75, 3.05) is 14.2 Å². The van der Waals surface area contributed by atoms with Gasteiger partial charge in [0.25, 0.3) is 0 Å². The molecule has 0 saturated carbocycles. The minimum absolute atomic E-state index is 0.0534. The molecule has 0 radical (unpaired) electrons. The van der Waals surface area contributed by atoms with E-state index >= 15 is 0 Å². The number of carbonyl (C=O) groups excluding carboxylic acids is 1. The fourth-order valence-electron chi connectivity index (χ4n) is 4.98. The van der Waals surface area contributed by atoms with Crippen LogP contribution in [0.4, 0.5) is 0 Å². The zero-order valence-electron chi connectivity index (χ0n) is 18.5. The van der Waals surface area contributed by atoms with Crippen molar-refractivity contribution >= 4 is 5.78 Å². The van der Waals surface area contributed by atoms with E-state index in [2.05, 4.69) is 0 Å². The Balaban J connectivity index is 1.96. The Kier molecular flexibility index (Phi) is 5.35. The van der Waals surface area contributed by atoms with Gasteiger partial charge in [-0.25, -0.2) is 4.68 Å². The lowest BCUT2D eigenvalue weighted by Gasteiger charge is -2.41. The Morgan fingerprint density at radius 1 is 1.13 bits per heavy atom. The molecule has 6 heteroatoms. The van der Waals surface area contributed by atoms with Crippen LogP contribution in [0.3, 0.4) is 0 Å². The molecule has 0 bridgehead atoms. The summed E-state index contributed by atoms with van der Waals surface area (Å²) in [5.41, 5.74) is 3.36. The average molecular weight is 421 g/mol. The van der Waals surface area contributed by atoms with E-state index in [1.54, 1.807) is 28.1 Å². The number of aromatic nitrogens is 2. The summed E-state index contributed by atoms with van der Waals surface area (Å²) in [5, 5.41) is 16.2. The maximum Gasteiger partial charge on any atom is 0.161 e. The first-order valence-corrected chi connectivity index (χ1v) is 10.4. The van der Waals surface area contributed by atoms with Crippen LogP contribution in [0.2, 0.25) is 0 Å². The molecule has 3 aromatic rings. The summed E-state index contributed by atoms with van der Waals surface area (Å²) < 4.78 is 12.8. The molecule has 4 rings (SSSR count). The third-order valence-electron chi connectivity index (χ3n) is 6.28. The third kappa shape index (κ3) is 3.51. The second kappa shape index (κ2) is 7.85. The Labute approximate surface area is 182 Å². The SMILES string of the molecule is COc1ccc(C2c3c(nn(-c4ccccc4)c3C)CC(C)(O)C2C(C)=O)cc1OC. The highest BCUT2D eigenvalue weighted by molar-refractivity contribution is 5.82. The van der Waals surface area contributed by atoms with E-state index in [1.165, 1.54) is 0 Å². The van der Waals surface area contributed by atoms with Crippen LogP contribution in [0.25, 0.3) is 5.69 Å². The summed E-state index contributed by atoms with van der Waals surface area (Å²) in [7, 11) is 3.18. The molecule has 0 amide bonds. The lowest BCUT2D eigenvalue weighted by molar-refractivity contribution is -0.130. The van der Waals surface area contributed by atoms with Gasteiger partial charge in [-0.15, -0.1) is 0 Å². The van der Waals surface area contributed by atoms with Crippen molar-refractivity contribution in [1.82, 2.24) is 9.78 Å². The van der Waals surface area contributed by atoms with Crippen LogP contribution < -0.4 is 9.47 Å². The molecule has 0 saturated heterocycles. The van der Waals surface area contributed by atoms with E-state index in [0.717, 1.165) is 28.2 Å². The number of aliphatic hydroxyl groups is 1. The van der Waals surface area contributed by atoms with Crippen molar-refractivity contribution in [2.45, 2.75) is 38.7 Å². The normalized spacial score (nSPS) is 22.6. The van der Waals surface area contributed by atoms with Crippen LogP contribution in [0.1, 0.15) is 42.3 Å². The molecular weight excluding hydrogens is 392 g/mol. The monoisotopic (exact) mass is 420 g/mol. The molecule has 0 fully saturated rings. The van der Waals surface area contributed by atoms with Gasteiger partial charge in [-0.05, 0) is 50.6 Å². The largest absolute Gasteiger partial charge is 0.493 e. The maximum atomic E-state index is 12.8. The first-order valence-electron chi connectivity index (χ1n) is 10.4. The molecule has 0 aliphatic heterocycles. The number of fused-ring (bicyclic) bond motifs is 1. The van der Waals surface area contributed by atoms with Crippen LogP contribution in [0, 0.1) is 12.8 Å². The third-order valence-corrected chi connectivity index (χ3v) is 6.28. The number of methoxy groups -OCH3 is 2. The first kappa shape index (κ1) is 21.1. The van der Waals surface area contributed by atoms with Crippen LogP contribution >= 0.6 is 0 Å². The number of hydrogen-bond donors (Lipinski definition) is 1. The predicted molar refractivity (Wildman–Crippen MR) is 118 cm³/mol. The predicted octanol–water partition coefficient (Wildman–Crippen LogP) is 3.84. The van der Waals surface area contributed by atoms with Gasteiger partial charge in [0.15, 0.2) is 11.5 Å². The lowest BCUT2D eigenvalue weighted by atomic mass is 9.64. The van der Waals surface area contributed by atoms with Gasteiger partial charge in [0, 0.05) is 23.6 Å². The Morgan fingerprint density at radius 2 is 1.81 bits per heavy atom. The van der Waals surface area contributed by atoms with Crippen molar-refractivity contribution < 1.29 is 19.4 Å². The number of benzene rings is 2. The van der Waals surface area contributed by atoms with E-state index in [9.17, 15) is 9.90 Å². The van der Waals surface area contributed by atoms with Gasteiger partial charge in [-0.2, -0.15) is 5.10 Å². The van der Waals surface area contributed by atoms with Crippen molar-refractivity contribution in [3.05, 3.63) is 71.0 Å². The topological polar surface area (TPSA) is 73.6 Å². The van der Waals surface area contributed by atoms with E-state index in [1.807, 2.05) is 60.1 Å². The van der Waals surface area contributed by atoms with E-state index in [0.29, 0.717) is 17.9 Å². The fraction of sp³-hybridized carbons (Fsp3) is 0.360. The number of hydrogen-bond acceptors (Lipinski definition) is 5. The molecule has 1 N–H and O–H groups in total. The van der Waals surface area contributed by atoms with Gasteiger partial charge in [-0.3, -0.25) is 4.79 Å².